The van der Waals surface area contributed by atoms with Gasteiger partial charge in [-0.2, -0.15) is 0 Å². The van der Waals surface area contributed by atoms with E-state index in [1.54, 1.807) is 0 Å². The van der Waals surface area contributed by atoms with E-state index in [0.29, 0.717) is 0 Å². The maximum absolute atomic E-state index is 3.49. The fourth-order valence-corrected chi connectivity index (χ4v) is 2.27. The molecule has 0 aromatic rings. The van der Waals surface area contributed by atoms with Crippen LogP contribution in [0.15, 0.2) is 11.6 Å². The zero-order chi connectivity index (χ0) is 8.97. The third kappa shape index (κ3) is 3.30. The molecular weight excluding hydrogens is 212 g/mol. The van der Waals surface area contributed by atoms with Crippen LogP contribution in [-0.2, 0) is 0 Å². The average molecular weight is 231 g/mol. The van der Waals surface area contributed by atoms with E-state index in [1.807, 2.05) is 0 Å². The fraction of sp³-hybridized carbons (Fsp3) is 0.818. The lowest BCUT2D eigenvalue weighted by Gasteiger charge is -2.24. The molecule has 0 heterocycles. The van der Waals surface area contributed by atoms with Crippen molar-refractivity contribution in [2.24, 2.45) is 11.8 Å². The summed E-state index contributed by atoms with van der Waals surface area (Å²) >= 11 is 3.49. The van der Waals surface area contributed by atoms with Gasteiger partial charge in [-0.1, -0.05) is 47.3 Å². The van der Waals surface area contributed by atoms with Crippen LogP contribution in [0.4, 0.5) is 0 Å². The molecule has 70 valence electrons. The summed E-state index contributed by atoms with van der Waals surface area (Å²) in [6.45, 7) is 4.59. The molecule has 1 aliphatic rings. The average Bonchev–Trinajstić information content (AvgIpc) is 2.04. The number of hydrogen-bond donors (Lipinski definition) is 0. The van der Waals surface area contributed by atoms with Gasteiger partial charge in [0.15, 0.2) is 0 Å². The molecule has 2 unspecified atom stereocenters. The predicted molar refractivity (Wildman–Crippen MR) is 58.7 cm³/mol. The van der Waals surface area contributed by atoms with E-state index in [4.69, 9.17) is 0 Å². The highest BCUT2D eigenvalue weighted by molar-refractivity contribution is 9.09. The molecule has 0 aromatic carbocycles. The zero-order valence-electron chi connectivity index (χ0n) is 8.15. The van der Waals surface area contributed by atoms with Crippen LogP contribution in [0.3, 0.4) is 0 Å². The molecule has 0 aromatic heterocycles. The van der Waals surface area contributed by atoms with Crippen LogP contribution >= 0.6 is 15.9 Å². The maximum atomic E-state index is 3.49. The van der Waals surface area contributed by atoms with Crippen molar-refractivity contribution >= 4 is 15.9 Å². The van der Waals surface area contributed by atoms with Crippen LogP contribution in [0.2, 0.25) is 0 Å². The molecule has 0 saturated heterocycles. The summed E-state index contributed by atoms with van der Waals surface area (Å²) in [5, 5.41) is 1.04. The van der Waals surface area contributed by atoms with Crippen LogP contribution < -0.4 is 0 Å². The SMILES string of the molecule is CC(=CC1CCCC(C)C1)CBr. The van der Waals surface area contributed by atoms with Gasteiger partial charge in [0.05, 0.1) is 0 Å². The van der Waals surface area contributed by atoms with E-state index < -0.39 is 0 Å². The highest BCUT2D eigenvalue weighted by atomic mass is 79.9. The second kappa shape index (κ2) is 5.06. The number of alkyl halides is 1. The molecule has 0 nitrogen and oxygen atoms in total. The highest BCUT2D eigenvalue weighted by Crippen LogP contribution is 2.30. The van der Waals surface area contributed by atoms with Crippen LogP contribution in [0.25, 0.3) is 0 Å². The van der Waals surface area contributed by atoms with Crippen LogP contribution in [0.5, 0.6) is 0 Å². The van der Waals surface area contributed by atoms with Gasteiger partial charge in [0.2, 0.25) is 0 Å². The summed E-state index contributed by atoms with van der Waals surface area (Å²) < 4.78 is 0. The molecule has 0 radical (unpaired) electrons. The molecule has 1 aliphatic carbocycles. The lowest BCUT2D eigenvalue weighted by Crippen LogP contribution is -2.11. The first kappa shape index (κ1) is 10.3. The van der Waals surface area contributed by atoms with Crippen molar-refractivity contribution in [3.63, 3.8) is 0 Å². The predicted octanol–water partition coefficient (Wildman–Crippen LogP) is 4.15. The molecular formula is C11H19Br. The van der Waals surface area contributed by atoms with Gasteiger partial charge in [0.25, 0.3) is 0 Å². The normalized spacial score (nSPS) is 32.1. The summed E-state index contributed by atoms with van der Waals surface area (Å²) in [6, 6.07) is 0. The molecule has 1 saturated carbocycles. The zero-order valence-corrected chi connectivity index (χ0v) is 9.73. The Kier molecular flexibility index (Phi) is 4.34. The Morgan fingerprint density at radius 1 is 1.50 bits per heavy atom. The van der Waals surface area contributed by atoms with Crippen molar-refractivity contribution in [2.75, 3.05) is 5.33 Å². The number of allylic oxidation sites excluding steroid dienone is 2. The molecule has 12 heavy (non-hydrogen) atoms. The highest BCUT2D eigenvalue weighted by Gasteiger charge is 2.16. The Balaban J connectivity index is 2.41. The van der Waals surface area contributed by atoms with E-state index in [0.717, 1.165) is 17.2 Å². The quantitative estimate of drug-likeness (QED) is 0.494. The van der Waals surface area contributed by atoms with Crippen molar-refractivity contribution in [3.8, 4) is 0 Å². The molecule has 1 fully saturated rings. The van der Waals surface area contributed by atoms with E-state index in [-0.39, 0.29) is 0 Å². The molecule has 0 aliphatic heterocycles. The Hall–Kier alpha value is 0.220. The largest absolute Gasteiger partial charge is 0.0880 e. The van der Waals surface area contributed by atoms with Crippen molar-refractivity contribution in [2.45, 2.75) is 39.5 Å². The molecule has 2 atom stereocenters. The monoisotopic (exact) mass is 230 g/mol. The van der Waals surface area contributed by atoms with Gasteiger partial charge < -0.3 is 0 Å². The lowest BCUT2D eigenvalue weighted by atomic mass is 9.82. The Morgan fingerprint density at radius 2 is 2.25 bits per heavy atom. The van der Waals surface area contributed by atoms with Crippen LogP contribution in [-0.4, -0.2) is 5.33 Å². The minimum absolute atomic E-state index is 0.867. The first-order chi connectivity index (χ1) is 5.72. The Labute approximate surface area is 84.6 Å². The van der Waals surface area contributed by atoms with E-state index in [2.05, 4.69) is 35.9 Å². The smallest absolute Gasteiger partial charge is 0.0239 e. The van der Waals surface area contributed by atoms with Gasteiger partial charge in [-0.25, -0.2) is 0 Å². The first-order valence-electron chi connectivity index (χ1n) is 4.95. The summed E-state index contributed by atoms with van der Waals surface area (Å²) in [7, 11) is 0. The van der Waals surface area contributed by atoms with Gasteiger partial charge in [0.1, 0.15) is 0 Å². The number of hydrogen-bond acceptors (Lipinski definition) is 0. The van der Waals surface area contributed by atoms with Gasteiger partial charge in [0, 0.05) is 5.33 Å². The molecule has 1 heteroatoms. The maximum Gasteiger partial charge on any atom is 0.0239 e. The van der Waals surface area contributed by atoms with Gasteiger partial charge in [-0.05, 0) is 31.6 Å². The fourth-order valence-electron chi connectivity index (χ4n) is 2.08. The lowest BCUT2D eigenvalue weighted by molar-refractivity contribution is 0.324. The molecule has 0 N–H and O–H groups in total. The van der Waals surface area contributed by atoms with Crippen molar-refractivity contribution in [1.29, 1.82) is 0 Å². The third-order valence-corrected chi connectivity index (χ3v) is 3.59. The van der Waals surface area contributed by atoms with Crippen LogP contribution in [0.1, 0.15) is 39.5 Å². The number of rotatable bonds is 2. The van der Waals surface area contributed by atoms with Crippen molar-refractivity contribution in [1.82, 2.24) is 0 Å². The van der Waals surface area contributed by atoms with Gasteiger partial charge >= 0.3 is 0 Å². The Bertz CT molecular complexity index is 160. The summed E-state index contributed by atoms with van der Waals surface area (Å²) in [4.78, 5) is 0. The van der Waals surface area contributed by atoms with E-state index >= 15 is 0 Å². The Morgan fingerprint density at radius 3 is 2.83 bits per heavy atom. The molecule has 1 rings (SSSR count). The second-order valence-corrected chi connectivity index (χ2v) is 4.74. The first-order valence-corrected chi connectivity index (χ1v) is 6.07. The van der Waals surface area contributed by atoms with Crippen LogP contribution in [0, 0.1) is 11.8 Å². The molecule has 0 bridgehead atoms. The minimum atomic E-state index is 0.867. The third-order valence-electron chi connectivity index (χ3n) is 2.71. The van der Waals surface area contributed by atoms with E-state index in [9.17, 15) is 0 Å². The minimum Gasteiger partial charge on any atom is -0.0880 e. The van der Waals surface area contributed by atoms with Gasteiger partial charge in [-0.15, -0.1) is 0 Å². The molecule has 0 spiro atoms. The van der Waals surface area contributed by atoms with Crippen molar-refractivity contribution < 1.29 is 0 Å². The van der Waals surface area contributed by atoms with Gasteiger partial charge in [-0.3, -0.25) is 0 Å². The van der Waals surface area contributed by atoms with E-state index in [1.165, 1.54) is 31.3 Å². The second-order valence-electron chi connectivity index (χ2n) is 4.18. The standard InChI is InChI=1S/C11H19Br/c1-9-4-3-5-11(6-9)7-10(2)8-12/h7,9,11H,3-6,8H2,1-2H3. The van der Waals surface area contributed by atoms with Crippen molar-refractivity contribution in [3.05, 3.63) is 11.6 Å². The summed E-state index contributed by atoms with van der Waals surface area (Å²) in [6.07, 6.45) is 8.15. The summed E-state index contributed by atoms with van der Waals surface area (Å²) in [5.41, 5.74) is 1.49. The topological polar surface area (TPSA) is 0 Å². The number of halogens is 1. The molecule has 0 amide bonds. The summed E-state index contributed by atoms with van der Waals surface area (Å²) in [5.74, 6) is 1.81.